The first-order valence-electron chi connectivity index (χ1n) is 6.81. The number of sulfonamides is 1. The number of anilines is 2. The highest BCUT2D eigenvalue weighted by atomic mass is 32.2. The average Bonchev–Trinajstić information content (AvgIpc) is 2.51. The molecule has 2 heterocycles. The van der Waals surface area contributed by atoms with Crippen molar-refractivity contribution in [2.24, 2.45) is 0 Å². The molecule has 0 radical (unpaired) electrons. The fraction of sp³-hybridized carbons (Fsp3) is 0.200. The van der Waals surface area contributed by atoms with Crippen molar-refractivity contribution < 1.29 is 13.2 Å². The molecule has 1 aromatic heterocycles. The lowest BCUT2D eigenvalue weighted by Gasteiger charge is -2.26. The Morgan fingerprint density at radius 2 is 2.00 bits per heavy atom. The number of rotatable bonds is 3. The molecule has 7 heteroatoms. The highest BCUT2D eigenvalue weighted by Crippen LogP contribution is 2.29. The highest BCUT2D eigenvalue weighted by Gasteiger charge is 2.23. The third kappa shape index (κ3) is 2.67. The summed E-state index contributed by atoms with van der Waals surface area (Å²) in [7, 11) is -2.00. The number of hydrogen-bond acceptors (Lipinski definition) is 4. The predicted molar refractivity (Wildman–Crippen MR) is 83.2 cm³/mol. The number of nitrogens with one attached hydrogen (secondary N) is 1. The Balaban J connectivity index is 1.94. The summed E-state index contributed by atoms with van der Waals surface area (Å²) in [6.07, 6.45) is 2.46. The minimum absolute atomic E-state index is 0.0368. The normalized spacial score (nSPS) is 14.6. The molecule has 0 unspecified atom stereocenters. The Kier molecular flexibility index (Phi) is 3.58. The zero-order valence-corrected chi connectivity index (χ0v) is 12.8. The molecule has 0 saturated carbocycles. The van der Waals surface area contributed by atoms with Gasteiger partial charge in [-0.3, -0.25) is 9.52 Å². The molecule has 1 aliphatic heterocycles. The lowest BCUT2D eigenvalue weighted by Crippen LogP contribution is -2.31. The Morgan fingerprint density at radius 1 is 1.18 bits per heavy atom. The van der Waals surface area contributed by atoms with Crippen molar-refractivity contribution in [2.45, 2.75) is 17.7 Å². The van der Waals surface area contributed by atoms with E-state index in [0.29, 0.717) is 12.8 Å². The topological polar surface area (TPSA) is 79.4 Å². The van der Waals surface area contributed by atoms with Crippen molar-refractivity contribution in [2.75, 3.05) is 16.7 Å². The summed E-state index contributed by atoms with van der Waals surface area (Å²) in [6.45, 7) is 0. The third-order valence-electron chi connectivity index (χ3n) is 3.61. The second-order valence-electron chi connectivity index (χ2n) is 5.06. The van der Waals surface area contributed by atoms with Crippen LogP contribution in [-0.4, -0.2) is 26.4 Å². The molecule has 0 bridgehead atoms. The van der Waals surface area contributed by atoms with Crippen LogP contribution in [0, 0.1) is 0 Å². The van der Waals surface area contributed by atoms with Gasteiger partial charge in [0.25, 0.3) is 10.0 Å². The molecular formula is C15H15N3O3S. The SMILES string of the molecule is CN1C(=O)CCc2cc(S(=O)(=O)Nc3ccccn3)ccc21. The Bertz CT molecular complexity index is 819. The maximum Gasteiger partial charge on any atom is 0.263 e. The lowest BCUT2D eigenvalue weighted by molar-refractivity contribution is -0.118. The van der Waals surface area contributed by atoms with Crippen LogP contribution < -0.4 is 9.62 Å². The molecule has 0 saturated heterocycles. The third-order valence-corrected chi connectivity index (χ3v) is 4.96. The first-order chi connectivity index (χ1) is 10.5. The summed E-state index contributed by atoms with van der Waals surface area (Å²) >= 11 is 0. The minimum Gasteiger partial charge on any atom is -0.315 e. The molecular weight excluding hydrogens is 302 g/mol. The number of nitrogens with zero attached hydrogens (tertiary/aromatic N) is 2. The summed E-state index contributed by atoms with van der Waals surface area (Å²) in [5.74, 6) is 0.308. The van der Waals surface area contributed by atoms with Gasteiger partial charge in [-0.1, -0.05) is 6.07 Å². The molecule has 3 rings (SSSR count). The van der Waals surface area contributed by atoms with Gasteiger partial charge in [0.05, 0.1) is 4.90 Å². The molecule has 0 spiro atoms. The van der Waals surface area contributed by atoms with E-state index in [1.54, 1.807) is 42.3 Å². The number of fused-ring (bicyclic) bond motifs is 1. The van der Waals surface area contributed by atoms with Gasteiger partial charge in [0.2, 0.25) is 5.91 Å². The molecule has 6 nitrogen and oxygen atoms in total. The van der Waals surface area contributed by atoms with Gasteiger partial charge in [-0.25, -0.2) is 13.4 Å². The van der Waals surface area contributed by atoms with E-state index in [4.69, 9.17) is 0 Å². The van der Waals surface area contributed by atoms with Crippen LogP contribution in [0.1, 0.15) is 12.0 Å². The Hall–Kier alpha value is -2.41. The molecule has 2 aromatic rings. The Morgan fingerprint density at radius 3 is 2.73 bits per heavy atom. The molecule has 1 aliphatic rings. The number of carbonyl (C=O) groups is 1. The van der Waals surface area contributed by atoms with Gasteiger partial charge < -0.3 is 4.90 Å². The van der Waals surface area contributed by atoms with Crippen LogP contribution >= 0.6 is 0 Å². The van der Waals surface area contributed by atoms with Gasteiger partial charge in [-0.2, -0.15) is 0 Å². The Labute approximate surface area is 128 Å². The van der Waals surface area contributed by atoms with E-state index in [-0.39, 0.29) is 16.6 Å². The molecule has 0 atom stereocenters. The second-order valence-corrected chi connectivity index (χ2v) is 6.75. The van der Waals surface area contributed by atoms with E-state index in [9.17, 15) is 13.2 Å². The van der Waals surface area contributed by atoms with Gasteiger partial charge in [-0.05, 0) is 42.3 Å². The van der Waals surface area contributed by atoms with E-state index in [0.717, 1.165) is 11.3 Å². The van der Waals surface area contributed by atoms with Gasteiger partial charge in [0, 0.05) is 25.4 Å². The van der Waals surface area contributed by atoms with Crippen molar-refractivity contribution in [3.63, 3.8) is 0 Å². The van der Waals surface area contributed by atoms with Crippen LogP contribution in [0.2, 0.25) is 0 Å². The lowest BCUT2D eigenvalue weighted by atomic mass is 10.0. The fourth-order valence-corrected chi connectivity index (χ4v) is 3.48. The van der Waals surface area contributed by atoms with Crippen LogP contribution in [0.5, 0.6) is 0 Å². The van der Waals surface area contributed by atoms with Crippen molar-refractivity contribution in [3.8, 4) is 0 Å². The summed E-state index contributed by atoms with van der Waals surface area (Å²) in [4.78, 5) is 17.3. The van der Waals surface area contributed by atoms with E-state index < -0.39 is 10.0 Å². The number of aromatic nitrogens is 1. The van der Waals surface area contributed by atoms with Crippen LogP contribution in [0.3, 0.4) is 0 Å². The average molecular weight is 317 g/mol. The minimum atomic E-state index is -3.69. The first kappa shape index (κ1) is 14.5. The quantitative estimate of drug-likeness (QED) is 0.936. The number of aryl methyl sites for hydroxylation is 1. The first-order valence-corrected chi connectivity index (χ1v) is 8.29. The molecule has 0 aliphatic carbocycles. The molecule has 1 N–H and O–H groups in total. The summed E-state index contributed by atoms with van der Waals surface area (Å²) in [5, 5.41) is 0. The van der Waals surface area contributed by atoms with Crippen LogP contribution in [0.25, 0.3) is 0 Å². The maximum absolute atomic E-state index is 12.4. The van der Waals surface area contributed by atoms with Crippen LogP contribution in [-0.2, 0) is 21.2 Å². The number of amides is 1. The van der Waals surface area contributed by atoms with Gasteiger partial charge >= 0.3 is 0 Å². The van der Waals surface area contributed by atoms with Crippen molar-refractivity contribution in [1.82, 2.24) is 4.98 Å². The molecule has 1 amide bonds. The summed E-state index contributed by atoms with van der Waals surface area (Å²) < 4.78 is 27.2. The largest absolute Gasteiger partial charge is 0.315 e. The smallest absolute Gasteiger partial charge is 0.263 e. The summed E-state index contributed by atoms with van der Waals surface area (Å²) in [6, 6.07) is 9.78. The van der Waals surface area contributed by atoms with Crippen molar-refractivity contribution >= 4 is 27.4 Å². The molecule has 114 valence electrons. The monoisotopic (exact) mass is 317 g/mol. The van der Waals surface area contributed by atoms with Gasteiger partial charge in [0.1, 0.15) is 5.82 Å². The van der Waals surface area contributed by atoms with Crippen molar-refractivity contribution in [3.05, 3.63) is 48.2 Å². The number of hydrogen-bond donors (Lipinski definition) is 1. The predicted octanol–water partition coefficient (Wildman–Crippen LogP) is 1.79. The molecule has 22 heavy (non-hydrogen) atoms. The molecule has 0 fully saturated rings. The highest BCUT2D eigenvalue weighted by molar-refractivity contribution is 7.92. The van der Waals surface area contributed by atoms with E-state index in [1.165, 1.54) is 12.3 Å². The van der Waals surface area contributed by atoms with Gasteiger partial charge in [0.15, 0.2) is 0 Å². The van der Waals surface area contributed by atoms with Crippen LogP contribution in [0.15, 0.2) is 47.5 Å². The fourth-order valence-electron chi connectivity index (χ4n) is 2.42. The number of carbonyl (C=O) groups excluding carboxylic acids is 1. The van der Waals surface area contributed by atoms with E-state index in [1.807, 2.05) is 0 Å². The standard InChI is InChI=1S/C15H15N3O3S/c1-18-13-7-6-12(10-11(13)5-8-15(18)19)22(20,21)17-14-4-2-3-9-16-14/h2-4,6-7,9-10H,5,8H2,1H3,(H,16,17). The molecule has 1 aromatic carbocycles. The number of benzene rings is 1. The van der Waals surface area contributed by atoms with Crippen molar-refractivity contribution in [1.29, 1.82) is 0 Å². The maximum atomic E-state index is 12.4. The zero-order valence-electron chi connectivity index (χ0n) is 12.0. The van der Waals surface area contributed by atoms with Gasteiger partial charge in [-0.15, -0.1) is 0 Å². The van der Waals surface area contributed by atoms with E-state index >= 15 is 0 Å². The summed E-state index contributed by atoms with van der Waals surface area (Å²) in [5.41, 5.74) is 1.61. The van der Waals surface area contributed by atoms with Crippen LogP contribution in [0.4, 0.5) is 11.5 Å². The zero-order chi connectivity index (χ0) is 15.7. The number of pyridine rings is 1. The van der Waals surface area contributed by atoms with E-state index in [2.05, 4.69) is 9.71 Å². The second kappa shape index (κ2) is 5.42.